The van der Waals surface area contributed by atoms with E-state index in [1.165, 1.54) is 0 Å². The molecular weight excluding hydrogens is 194 g/mol. The van der Waals surface area contributed by atoms with E-state index in [2.05, 4.69) is 4.18 Å². The highest BCUT2D eigenvalue weighted by Gasteiger charge is 2.00. The average Bonchev–Trinajstić information content (AvgIpc) is 1.63. The second-order valence-electron chi connectivity index (χ2n) is 1.60. The highest BCUT2D eigenvalue weighted by atomic mass is 35.5. The Morgan fingerprint density at radius 3 is 2.18 bits per heavy atom. The molecule has 0 unspecified atom stereocenters. The minimum atomic E-state index is -4.20. The van der Waals surface area contributed by atoms with Gasteiger partial charge < -0.3 is 6.15 Å². The maximum absolute atomic E-state index is 9.84. The molecule has 0 aliphatic rings. The Balaban J connectivity index is -0.000000320. The summed E-state index contributed by atoms with van der Waals surface area (Å²) in [6, 6.07) is 0. The first kappa shape index (κ1) is 17.3. The summed E-state index contributed by atoms with van der Waals surface area (Å²) < 4.78 is 31.7. The molecule has 0 atom stereocenters. The van der Waals surface area contributed by atoms with Gasteiger partial charge in [0.25, 0.3) is 0 Å². The van der Waals surface area contributed by atoms with Crippen molar-refractivity contribution in [2.75, 3.05) is 6.61 Å². The van der Waals surface area contributed by atoms with Gasteiger partial charge in [-0.15, -0.1) is 12.4 Å². The molecule has 0 spiro atoms. The Hall–Kier alpha value is 0.120. The molecule has 0 aromatic carbocycles. The number of hydrogen-bond donors (Lipinski definition) is 2. The normalized spacial score (nSPS) is 9.64. The smallest absolute Gasteiger partial charge is 0.344 e. The van der Waals surface area contributed by atoms with Crippen LogP contribution in [0.3, 0.4) is 0 Å². The van der Waals surface area contributed by atoms with Crippen molar-refractivity contribution in [1.29, 1.82) is 0 Å². The van der Waals surface area contributed by atoms with Crippen molar-refractivity contribution in [3.63, 3.8) is 0 Å². The van der Waals surface area contributed by atoms with Gasteiger partial charge in [-0.05, 0) is 6.42 Å². The van der Waals surface area contributed by atoms with Crippen molar-refractivity contribution in [2.24, 2.45) is 0 Å². The van der Waals surface area contributed by atoms with Crippen LogP contribution < -0.4 is 6.15 Å². The Morgan fingerprint density at radius 1 is 1.45 bits per heavy atom. The maximum Gasteiger partial charge on any atom is 0.397 e. The first-order valence-electron chi connectivity index (χ1n) is 2.68. The van der Waals surface area contributed by atoms with Crippen molar-refractivity contribution in [3.8, 4) is 0 Å². The quantitative estimate of drug-likeness (QED) is 0.533. The lowest BCUT2D eigenvalue weighted by Crippen LogP contribution is -2.04. The lowest BCUT2D eigenvalue weighted by atomic mass is 10.4. The van der Waals surface area contributed by atoms with Gasteiger partial charge >= 0.3 is 10.4 Å². The van der Waals surface area contributed by atoms with Crippen molar-refractivity contribution in [2.45, 2.75) is 19.8 Å². The van der Waals surface area contributed by atoms with Gasteiger partial charge in [0.1, 0.15) is 0 Å². The molecule has 11 heavy (non-hydrogen) atoms. The third-order valence-electron chi connectivity index (χ3n) is 0.730. The lowest BCUT2D eigenvalue weighted by molar-refractivity contribution is 0.264. The fourth-order valence-corrected chi connectivity index (χ4v) is 0.637. The van der Waals surface area contributed by atoms with Gasteiger partial charge in [0, 0.05) is 0 Å². The number of rotatable bonds is 4. The van der Waals surface area contributed by atoms with Crippen LogP contribution in [0.4, 0.5) is 0 Å². The van der Waals surface area contributed by atoms with Crippen LogP contribution in [0.2, 0.25) is 0 Å². The van der Waals surface area contributed by atoms with Crippen LogP contribution in [-0.4, -0.2) is 19.6 Å². The molecule has 0 radical (unpaired) electrons. The summed E-state index contributed by atoms with van der Waals surface area (Å²) >= 11 is 0. The SMILES string of the molecule is CCCCOS(=O)(=O)O.Cl.N. The zero-order valence-electron chi connectivity index (χ0n) is 6.32. The summed E-state index contributed by atoms with van der Waals surface area (Å²) in [5.74, 6) is 0. The summed E-state index contributed by atoms with van der Waals surface area (Å²) in [6.07, 6.45) is 1.48. The van der Waals surface area contributed by atoms with Crippen molar-refractivity contribution < 1.29 is 17.2 Å². The van der Waals surface area contributed by atoms with Crippen LogP contribution in [0.1, 0.15) is 19.8 Å². The van der Waals surface area contributed by atoms with E-state index in [1.807, 2.05) is 6.92 Å². The third kappa shape index (κ3) is 17.8. The monoisotopic (exact) mass is 207 g/mol. The first-order chi connectivity index (χ1) is 4.06. The van der Waals surface area contributed by atoms with Crippen LogP contribution in [0, 0.1) is 0 Å². The van der Waals surface area contributed by atoms with Gasteiger partial charge in [-0.2, -0.15) is 8.42 Å². The maximum atomic E-state index is 9.84. The summed E-state index contributed by atoms with van der Waals surface area (Å²) in [4.78, 5) is 0. The first-order valence-corrected chi connectivity index (χ1v) is 4.04. The fourth-order valence-electron chi connectivity index (χ4n) is 0.309. The molecule has 0 aliphatic heterocycles. The van der Waals surface area contributed by atoms with E-state index >= 15 is 0 Å². The van der Waals surface area contributed by atoms with E-state index in [0.29, 0.717) is 6.42 Å². The zero-order chi connectivity index (χ0) is 7.33. The molecule has 0 aromatic rings. The topological polar surface area (TPSA) is 98.6 Å². The Kier molecular flexibility index (Phi) is 12.9. The molecule has 4 N–H and O–H groups in total. The van der Waals surface area contributed by atoms with Gasteiger partial charge in [0.05, 0.1) is 6.61 Å². The second kappa shape index (κ2) is 8.22. The Labute approximate surface area is 73.1 Å². The molecule has 0 aromatic heterocycles. The predicted octanol–water partition coefficient (Wildman–Crippen LogP) is 1.19. The van der Waals surface area contributed by atoms with E-state index in [4.69, 9.17) is 4.55 Å². The lowest BCUT2D eigenvalue weighted by Gasteiger charge is -1.95. The van der Waals surface area contributed by atoms with E-state index in [1.54, 1.807) is 0 Å². The van der Waals surface area contributed by atoms with Gasteiger partial charge in [-0.25, -0.2) is 4.18 Å². The van der Waals surface area contributed by atoms with E-state index in [0.717, 1.165) is 6.42 Å². The zero-order valence-corrected chi connectivity index (χ0v) is 7.95. The van der Waals surface area contributed by atoms with E-state index in [-0.39, 0.29) is 25.2 Å². The standard InChI is InChI=1S/C4H10O4S.ClH.H3N/c1-2-3-4-8-9(5,6)7;;/h2-4H2,1H3,(H,5,6,7);1H;1H3. The van der Waals surface area contributed by atoms with Gasteiger partial charge in [-0.3, -0.25) is 4.55 Å². The van der Waals surface area contributed by atoms with Gasteiger partial charge in [-0.1, -0.05) is 13.3 Å². The molecule has 0 heterocycles. The minimum absolute atomic E-state index is 0. The van der Waals surface area contributed by atoms with Crippen LogP contribution in [0.25, 0.3) is 0 Å². The number of halogens is 1. The van der Waals surface area contributed by atoms with Gasteiger partial charge in [0.2, 0.25) is 0 Å². The minimum Gasteiger partial charge on any atom is -0.344 e. The molecule has 0 saturated carbocycles. The summed E-state index contributed by atoms with van der Waals surface area (Å²) in [5.41, 5.74) is 0. The molecule has 0 aliphatic carbocycles. The highest BCUT2D eigenvalue weighted by Crippen LogP contribution is 1.91. The largest absolute Gasteiger partial charge is 0.397 e. The predicted molar refractivity (Wildman–Crippen MR) is 44.7 cm³/mol. The van der Waals surface area contributed by atoms with E-state index < -0.39 is 10.4 Å². The Bertz CT molecular complexity index is 157. The second-order valence-corrected chi connectivity index (χ2v) is 2.69. The molecule has 0 saturated heterocycles. The molecule has 0 amide bonds. The van der Waals surface area contributed by atoms with E-state index in [9.17, 15) is 8.42 Å². The number of hydrogen-bond acceptors (Lipinski definition) is 4. The highest BCUT2D eigenvalue weighted by molar-refractivity contribution is 7.80. The van der Waals surface area contributed by atoms with Gasteiger partial charge in [0.15, 0.2) is 0 Å². The molecule has 0 fully saturated rings. The van der Waals surface area contributed by atoms with Crippen LogP contribution in [-0.2, 0) is 14.6 Å². The third-order valence-corrected chi connectivity index (χ3v) is 1.19. The van der Waals surface area contributed by atoms with Crippen LogP contribution >= 0.6 is 12.4 Å². The van der Waals surface area contributed by atoms with Crippen molar-refractivity contribution in [3.05, 3.63) is 0 Å². The molecule has 0 bridgehead atoms. The average molecular weight is 208 g/mol. The molecular formula is C4H14ClNO4S. The summed E-state index contributed by atoms with van der Waals surface area (Å²) in [7, 11) is -4.20. The van der Waals surface area contributed by atoms with Crippen molar-refractivity contribution in [1.82, 2.24) is 6.15 Å². The van der Waals surface area contributed by atoms with Crippen LogP contribution in [0.15, 0.2) is 0 Å². The van der Waals surface area contributed by atoms with Crippen molar-refractivity contribution >= 4 is 22.8 Å². The summed E-state index contributed by atoms with van der Waals surface area (Å²) in [6.45, 7) is 1.96. The summed E-state index contributed by atoms with van der Waals surface area (Å²) in [5, 5.41) is 0. The fraction of sp³-hybridized carbons (Fsp3) is 1.00. The molecule has 72 valence electrons. The molecule has 5 nitrogen and oxygen atoms in total. The molecule has 7 heteroatoms. The number of unbranched alkanes of at least 4 members (excludes halogenated alkanes) is 1. The Morgan fingerprint density at radius 2 is 1.91 bits per heavy atom. The molecule has 0 rings (SSSR count). The van der Waals surface area contributed by atoms with Crippen LogP contribution in [0.5, 0.6) is 0 Å².